The predicted octanol–water partition coefficient (Wildman–Crippen LogP) is 2.75. The van der Waals surface area contributed by atoms with Crippen molar-refractivity contribution in [1.29, 1.82) is 0 Å². The lowest BCUT2D eigenvalue weighted by Crippen LogP contribution is -2.12. The van der Waals surface area contributed by atoms with Crippen LogP contribution in [0.2, 0.25) is 0 Å². The number of hydrogen-bond donors (Lipinski definition) is 2. The van der Waals surface area contributed by atoms with Crippen molar-refractivity contribution in [3.8, 4) is 0 Å². The van der Waals surface area contributed by atoms with Crippen LogP contribution in [0, 0.1) is 0 Å². The Balaban J connectivity index is 1.89. The molecule has 0 aliphatic heterocycles. The Kier molecular flexibility index (Phi) is 3.89. The van der Waals surface area contributed by atoms with Crippen molar-refractivity contribution >= 4 is 53.8 Å². The maximum atomic E-state index is 12.3. The van der Waals surface area contributed by atoms with Crippen molar-refractivity contribution in [3.63, 3.8) is 0 Å². The van der Waals surface area contributed by atoms with Crippen molar-refractivity contribution < 1.29 is 13.5 Å². The van der Waals surface area contributed by atoms with Crippen molar-refractivity contribution in [3.05, 3.63) is 25.3 Å². The number of hydrogen-bond acceptors (Lipinski definition) is 6. The van der Waals surface area contributed by atoms with Crippen LogP contribution in [-0.4, -0.2) is 18.5 Å². The third-order valence-electron chi connectivity index (χ3n) is 2.97. The van der Waals surface area contributed by atoms with Gasteiger partial charge in [-0.05, 0) is 41.3 Å². The van der Waals surface area contributed by atoms with Crippen LogP contribution in [0.5, 0.6) is 0 Å². The van der Waals surface area contributed by atoms with Crippen molar-refractivity contribution in [2.24, 2.45) is 0 Å². The smallest absolute Gasteiger partial charge is 0.265 e. The third kappa shape index (κ3) is 2.64. The molecule has 0 fully saturated rings. The number of aliphatic hydroxyl groups is 1. The molecule has 5 nitrogen and oxygen atoms in total. The lowest BCUT2D eigenvalue weighted by atomic mass is 10.4. The SMILES string of the molecule is O=S(=O)(Nc1nc2c(s1)CCC2)c1cc(CO)sc1Br. The van der Waals surface area contributed by atoms with Crippen molar-refractivity contribution in [1.82, 2.24) is 4.98 Å². The van der Waals surface area contributed by atoms with Gasteiger partial charge in [-0.1, -0.05) is 0 Å². The van der Waals surface area contributed by atoms with Crippen LogP contribution in [0.25, 0.3) is 0 Å². The van der Waals surface area contributed by atoms with Gasteiger partial charge in [0.1, 0.15) is 4.90 Å². The normalized spacial score (nSPS) is 14.5. The topological polar surface area (TPSA) is 79.3 Å². The fourth-order valence-corrected chi connectivity index (χ4v) is 6.89. The number of fused-ring (bicyclic) bond motifs is 1. The minimum Gasteiger partial charge on any atom is -0.391 e. The summed E-state index contributed by atoms with van der Waals surface area (Å²) in [5.41, 5.74) is 1.01. The minimum absolute atomic E-state index is 0.141. The lowest BCUT2D eigenvalue weighted by molar-refractivity contribution is 0.285. The molecule has 0 radical (unpaired) electrons. The van der Waals surface area contributed by atoms with E-state index in [4.69, 9.17) is 5.11 Å². The Hall–Kier alpha value is -0.480. The van der Waals surface area contributed by atoms with E-state index in [2.05, 4.69) is 25.6 Å². The van der Waals surface area contributed by atoms with Crippen LogP contribution < -0.4 is 4.72 Å². The highest BCUT2D eigenvalue weighted by Crippen LogP contribution is 2.35. The van der Waals surface area contributed by atoms with Gasteiger partial charge >= 0.3 is 0 Å². The Morgan fingerprint density at radius 1 is 1.40 bits per heavy atom. The predicted molar refractivity (Wildman–Crippen MR) is 82.9 cm³/mol. The van der Waals surface area contributed by atoms with Crippen LogP contribution >= 0.6 is 38.6 Å². The van der Waals surface area contributed by atoms with Gasteiger partial charge in [0.25, 0.3) is 10.0 Å². The lowest BCUT2D eigenvalue weighted by Gasteiger charge is -2.03. The van der Waals surface area contributed by atoms with E-state index in [9.17, 15) is 8.42 Å². The quantitative estimate of drug-likeness (QED) is 0.835. The first-order chi connectivity index (χ1) is 9.49. The number of thiophene rings is 1. The first kappa shape index (κ1) is 14.5. The van der Waals surface area contributed by atoms with Crippen molar-refractivity contribution in [2.45, 2.75) is 30.8 Å². The maximum absolute atomic E-state index is 12.3. The summed E-state index contributed by atoms with van der Waals surface area (Å²) in [6.45, 7) is -0.176. The Morgan fingerprint density at radius 3 is 2.85 bits per heavy atom. The molecule has 0 saturated carbocycles. The largest absolute Gasteiger partial charge is 0.391 e. The zero-order valence-electron chi connectivity index (χ0n) is 10.2. The highest BCUT2D eigenvalue weighted by molar-refractivity contribution is 9.11. The van der Waals surface area contributed by atoms with E-state index in [1.165, 1.54) is 33.6 Å². The van der Waals surface area contributed by atoms with E-state index in [-0.39, 0.29) is 11.5 Å². The number of rotatable bonds is 4. The number of sulfonamides is 1. The number of aromatic nitrogens is 1. The molecule has 0 unspecified atom stereocenters. The monoisotopic (exact) mass is 394 g/mol. The first-order valence-electron chi connectivity index (χ1n) is 5.90. The van der Waals surface area contributed by atoms with E-state index in [0.717, 1.165) is 25.0 Å². The van der Waals surface area contributed by atoms with Gasteiger partial charge in [0.05, 0.1) is 16.1 Å². The average molecular weight is 395 g/mol. The van der Waals surface area contributed by atoms with E-state index < -0.39 is 10.0 Å². The van der Waals surface area contributed by atoms with Gasteiger partial charge in [-0.3, -0.25) is 4.72 Å². The fourth-order valence-electron chi connectivity index (χ4n) is 2.06. The summed E-state index contributed by atoms with van der Waals surface area (Å²) in [5.74, 6) is 0. The van der Waals surface area contributed by atoms with Gasteiger partial charge in [0.15, 0.2) is 5.13 Å². The zero-order valence-corrected chi connectivity index (χ0v) is 14.3. The molecule has 0 atom stereocenters. The van der Waals surface area contributed by atoms with Gasteiger partial charge < -0.3 is 5.11 Å². The van der Waals surface area contributed by atoms with E-state index >= 15 is 0 Å². The number of anilines is 1. The van der Waals surface area contributed by atoms with Gasteiger partial charge in [-0.2, -0.15) is 0 Å². The van der Waals surface area contributed by atoms with Gasteiger partial charge in [-0.15, -0.1) is 22.7 Å². The molecular weight excluding hydrogens is 384 g/mol. The zero-order chi connectivity index (χ0) is 14.3. The highest BCUT2D eigenvalue weighted by atomic mass is 79.9. The van der Waals surface area contributed by atoms with Crippen LogP contribution in [-0.2, 0) is 29.5 Å². The standard InChI is InChI=1S/C11H11BrN2O3S3/c12-10-9(4-6(5-15)18-10)20(16,17)14-11-13-7-2-1-3-8(7)19-11/h4,15H,1-3,5H2,(H,13,14). The number of nitrogens with one attached hydrogen (secondary N) is 1. The molecule has 0 bridgehead atoms. The molecule has 1 aliphatic carbocycles. The number of aryl methyl sites for hydroxylation is 2. The van der Waals surface area contributed by atoms with Crippen LogP contribution in [0.3, 0.4) is 0 Å². The van der Waals surface area contributed by atoms with Gasteiger partial charge in [-0.25, -0.2) is 13.4 Å². The van der Waals surface area contributed by atoms with Crippen molar-refractivity contribution in [2.75, 3.05) is 4.72 Å². The summed E-state index contributed by atoms with van der Waals surface area (Å²) in [6.07, 6.45) is 2.99. The molecule has 2 aromatic rings. The molecule has 1 aliphatic rings. The minimum atomic E-state index is -3.67. The van der Waals surface area contributed by atoms with Gasteiger partial charge in [0.2, 0.25) is 0 Å². The molecule has 0 saturated heterocycles. The first-order valence-corrected chi connectivity index (χ1v) is 9.81. The molecule has 3 rings (SSSR count). The van der Waals surface area contributed by atoms with E-state index in [0.29, 0.717) is 13.8 Å². The summed E-state index contributed by atoms with van der Waals surface area (Å²) in [5, 5.41) is 9.49. The molecule has 20 heavy (non-hydrogen) atoms. The number of thiazole rings is 1. The fraction of sp³-hybridized carbons (Fsp3) is 0.364. The average Bonchev–Trinajstić information content (AvgIpc) is 3.02. The summed E-state index contributed by atoms with van der Waals surface area (Å²) in [7, 11) is -3.67. The maximum Gasteiger partial charge on any atom is 0.265 e. The molecule has 2 heterocycles. The molecule has 2 aromatic heterocycles. The second kappa shape index (κ2) is 5.38. The molecule has 9 heteroatoms. The molecule has 2 N–H and O–H groups in total. The molecule has 0 amide bonds. The van der Waals surface area contributed by atoms with Crippen LogP contribution in [0.4, 0.5) is 5.13 Å². The third-order valence-corrected chi connectivity index (χ3v) is 7.75. The van der Waals surface area contributed by atoms with E-state index in [1.807, 2.05) is 0 Å². The molecule has 0 spiro atoms. The summed E-state index contributed by atoms with van der Waals surface area (Å²) in [4.78, 5) is 6.23. The highest BCUT2D eigenvalue weighted by Gasteiger charge is 2.24. The summed E-state index contributed by atoms with van der Waals surface area (Å²) in [6, 6.07) is 1.47. The Labute approximate surface area is 132 Å². The Bertz CT molecular complexity index is 730. The van der Waals surface area contributed by atoms with Crippen LogP contribution in [0.1, 0.15) is 21.9 Å². The molecule has 108 valence electrons. The van der Waals surface area contributed by atoms with Crippen LogP contribution in [0.15, 0.2) is 14.7 Å². The second-order valence-corrected chi connectivity index (χ2v) is 9.55. The Morgan fingerprint density at radius 2 is 2.20 bits per heavy atom. The van der Waals surface area contributed by atoms with E-state index in [1.54, 1.807) is 0 Å². The van der Waals surface area contributed by atoms with Gasteiger partial charge in [0, 0.05) is 9.75 Å². The summed E-state index contributed by atoms with van der Waals surface area (Å²) < 4.78 is 27.7. The number of halogens is 1. The number of aliphatic hydroxyl groups excluding tert-OH is 1. The number of nitrogens with zero attached hydrogens (tertiary/aromatic N) is 1. The summed E-state index contributed by atoms with van der Waals surface area (Å²) >= 11 is 5.83. The molecular formula is C11H11BrN2O3S3. The second-order valence-electron chi connectivity index (χ2n) is 4.36. The molecule has 0 aromatic carbocycles.